The van der Waals surface area contributed by atoms with Crippen molar-refractivity contribution in [2.45, 2.75) is 53.4 Å². The van der Waals surface area contributed by atoms with Crippen LogP contribution in [-0.4, -0.2) is 5.11 Å². The van der Waals surface area contributed by atoms with Crippen molar-refractivity contribution in [1.82, 2.24) is 0 Å². The molecule has 4 aromatic rings. The summed E-state index contributed by atoms with van der Waals surface area (Å²) in [5, 5.41) is 12.2. The molecule has 4 aromatic carbocycles. The largest absolute Gasteiger partial charge is 0.647 e. The molecule has 0 aromatic heterocycles. The molecule has 4 rings (SSSR count). The minimum absolute atomic E-state index is 0.174. The third-order valence-electron chi connectivity index (χ3n) is 6.08. The molecule has 0 saturated carbocycles. The van der Waals surface area contributed by atoms with E-state index in [-0.39, 0.29) is 5.75 Å². The summed E-state index contributed by atoms with van der Waals surface area (Å²) in [6.45, 7) is 7.91. The second kappa shape index (κ2) is 11.1. The number of rotatable bonds is 10. The predicted octanol–water partition coefficient (Wildman–Crippen LogP) is 8.71. The Morgan fingerprint density at radius 1 is 0.722 bits per heavy atom. The molecule has 36 heavy (non-hydrogen) atoms. The molecule has 0 aliphatic rings. The van der Waals surface area contributed by atoms with Crippen LogP contribution in [0.25, 0.3) is 10.8 Å². The predicted molar refractivity (Wildman–Crippen MR) is 145 cm³/mol. The number of aromatic hydroxyl groups is 1. The van der Waals surface area contributed by atoms with Gasteiger partial charge in [-0.1, -0.05) is 75.2 Å². The van der Waals surface area contributed by atoms with Crippen molar-refractivity contribution in [1.29, 1.82) is 0 Å². The third kappa shape index (κ3) is 5.68. The second-order valence-corrected chi connectivity index (χ2v) is 10.5. The number of benzene rings is 4. The molecule has 0 spiro atoms. The molecule has 0 bridgehead atoms. The minimum Gasteiger partial charge on any atom is -0.507 e. The van der Waals surface area contributed by atoms with Crippen molar-refractivity contribution in [2.24, 2.45) is 0 Å². The molecular weight excluding hydrogens is 471 g/mol. The first-order chi connectivity index (χ1) is 17.3. The maximum absolute atomic E-state index is 14.4. The first-order valence-electron chi connectivity index (χ1n) is 12.4. The van der Waals surface area contributed by atoms with Gasteiger partial charge in [-0.25, -0.2) is 0 Å². The van der Waals surface area contributed by atoms with Crippen molar-refractivity contribution < 1.29 is 23.2 Å². The van der Waals surface area contributed by atoms with E-state index in [4.69, 9.17) is 13.6 Å². The number of phenolic OH excluding ortho intramolecular Hbond substituents is 1. The Balaban J connectivity index is 1.86. The van der Waals surface area contributed by atoms with Crippen LogP contribution in [0.1, 0.15) is 48.9 Å². The second-order valence-electron chi connectivity index (χ2n) is 9.02. The van der Waals surface area contributed by atoms with E-state index in [2.05, 4.69) is 6.92 Å². The zero-order valence-corrected chi connectivity index (χ0v) is 22.2. The molecule has 0 heterocycles. The fraction of sp³-hybridized carbons (Fsp3) is 0.267. The van der Waals surface area contributed by atoms with E-state index < -0.39 is 7.82 Å². The molecular formula is C30H33O5P. The molecule has 6 heteroatoms. The highest BCUT2D eigenvalue weighted by molar-refractivity contribution is 7.49. The SMILES string of the molecule is CCCc1ccc2c(OP(=O)(Oc3ccccc3C)Oc3ccccc3C)c(CCC)cc(O)c2c1. The monoisotopic (exact) mass is 504 g/mol. The molecule has 5 nitrogen and oxygen atoms in total. The normalized spacial score (nSPS) is 11.4. The van der Waals surface area contributed by atoms with E-state index in [1.54, 1.807) is 18.2 Å². The van der Waals surface area contributed by atoms with Gasteiger partial charge in [-0.05, 0) is 73.2 Å². The van der Waals surface area contributed by atoms with Crippen molar-refractivity contribution >= 4 is 18.6 Å². The summed E-state index contributed by atoms with van der Waals surface area (Å²) >= 11 is 0. The van der Waals surface area contributed by atoms with E-state index in [0.717, 1.165) is 41.5 Å². The Labute approximate surface area is 213 Å². The van der Waals surface area contributed by atoms with Gasteiger partial charge in [0.15, 0.2) is 0 Å². The number of phosphoric ester groups is 1. The summed E-state index contributed by atoms with van der Waals surface area (Å²) in [5.74, 6) is 1.41. The molecule has 0 saturated heterocycles. The molecule has 1 N–H and O–H groups in total. The summed E-state index contributed by atoms with van der Waals surface area (Å²) in [6, 6.07) is 22.2. The summed E-state index contributed by atoms with van der Waals surface area (Å²) in [6.07, 6.45) is 3.34. The van der Waals surface area contributed by atoms with Crippen LogP contribution in [0.3, 0.4) is 0 Å². The topological polar surface area (TPSA) is 65.0 Å². The van der Waals surface area contributed by atoms with E-state index in [1.165, 1.54) is 0 Å². The van der Waals surface area contributed by atoms with Gasteiger partial charge >= 0.3 is 7.82 Å². The Morgan fingerprint density at radius 3 is 1.86 bits per heavy atom. The average molecular weight is 505 g/mol. The van der Waals surface area contributed by atoms with Gasteiger partial charge in [-0.3, -0.25) is 0 Å². The zero-order valence-electron chi connectivity index (χ0n) is 21.3. The van der Waals surface area contributed by atoms with Gasteiger partial charge in [-0.2, -0.15) is 4.57 Å². The molecule has 0 radical (unpaired) electrons. The third-order valence-corrected chi connectivity index (χ3v) is 7.32. The summed E-state index contributed by atoms with van der Waals surface area (Å²) < 4.78 is 32.7. The van der Waals surface area contributed by atoms with E-state index in [9.17, 15) is 9.67 Å². The molecule has 0 unspecified atom stereocenters. The van der Waals surface area contributed by atoms with Crippen molar-refractivity contribution in [3.63, 3.8) is 0 Å². The lowest BCUT2D eigenvalue weighted by molar-refractivity contribution is 0.297. The first kappa shape index (κ1) is 25.7. The van der Waals surface area contributed by atoms with Crippen LogP contribution >= 0.6 is 7.82 Å². The lowest BCUT2D eigenvalue weighted by atomic mass is 9.98. The molecule has 0 aliphatic heterocycles. The van der Waals surface area contributed by atoms with Crippen molar-refractivity contribution in [2.75, 3.05) is 0 Å². The molecule has 188 valence electrons. The number of fused-ring (bicyclic) bond motifs is 1. The summed E-state index contributed by atoms with van der Waals surface area (Å²) in [7, 11) is -4.22. The van der Waals surface area contributed by atoms with Crippen LogP contribution < -0.4 is 13.6 Å². The minimum atomic E-state index is -4.22. The smallest absolute Gasteiger partial charge is 0.507 e. The highest BCUT2D eigenvalue weighted by Crippen LogP contribution is 2.53. The number of phenols is 1. The van der Waals surface area contributed by atoms with E-state index in [1.807, 2.05) is 75.4 Å². The number of aryl methyl sites for hydroxylation is 4. The lowest BCUT2D eigenvalue weighted by Gasteiger charge is -2.23. The summed E-state index contributed by atoms with van der Waals surface area (Å²) in [4.78, 5) is 0. The maximum atomic E-state index is 14.4. The van der Waals surface area contributed by atoms with E-state index in [0.29, 0.717) is 34.4 Å². The first-order valence-corrected chi connectivity index (χ1v) is 13.9. The van der Waals surface area contributed by atoms with Crippen molar-refractivity contribution in [3.05, 3.63) is 95.1 Å². The Morgan fingerprint density at radius 2 is 1.31 bits per heavy atom. The Bertz CT molecular complexity index is 1360. The lowest BCUT2D eigenvalue weighted by Crippen LogP contribution is -2.10. The van der Waals surface area contributed by atoms with Crippen LogP contribution in [-0.2, 0) is 17.4 Å². The fourth-order valence-corrected chi connectivity index (χ4v) is 5.66. The standard InChI is InChI=1S/C30H33O5P/c1-5-11-23-17-18-25-26(19-23)27(31)20-24(12-6-2)30(25)35-36(32,33-28-15-9-7-13-21(28)3)34-29-16-10-8-14-22(29)4/h7-10,13-20,31H,5-6,11-12H2,1-4H3. The van der Waals surface area contributed by atoms with Crippen LogP contribution in [0.4, 0.5) is 0 Å². The van der Waals surface area contributed by atoms with Gasteiger partial charge in [-0.15, -0.1) is 0 Å². The van der Waals surface area contributed by atoms with Gasteiger partial charge in [0.25, 0.3) is 0 Å². The Hall–Kier alpha value is -3.43. The van der Waals surface area contributed by atoms with Gasteiger partial charge in [0.2, 0.25) is 0 Å². The van der Waals surface area contributed by atoms with Gasteiger partial charge in [0.05, 0.1) is 0 Å². The van der Waals surface area contributed by atoms with Gasteiger partial charge in [0, 0.05) is 10.8 Å². The average Bonchev–Trinajstić information content (AvgIpc) is 2.85. The molecule has 0 atom stereocenters. The quantitative estimate of drug-likeness (QED) is 0.219. The zero-order chi connectivity index (χ0) is 25.7. The van der Waals surface area contributed by atoms with E-state index >= 15 is 0 Å². The van der Waals surface area contributed by atoms with Crippen LogP contribution in [0, 0.1) is 13.8 Å². The van der Waals surface area contributed by atoms with Gasteiger partial charge < -0.3 is 18.7 Å². The fourth-order valence-electron chi connectivity index (χ4n) is 4.22. The highest BCUT2D eigenvalue weighted by Gasteiger charge is 2.36. The number of para-hydroxylation sites is 2. The maximum Gasteiger partial charge on any atom is 0.647 e. The van der Waals surface area contributed by atoms with Crippen LogP contribution in [0.2, 0.25) is 0 Å². The Kier molecular flexibility index (Phi) is 7.91. The van der Waals surface area contributed by atoms with Crippen LogP contribution in [0.15, 0.2) is 72.8 Å². The van der Waals surface area contributed by atoms with Crippen molar-refractivity contribution in [3.8, 4) is 23.0 Å². The number of phosphoric acid groups is 1. The summed E-state index contributed by atoms with van der Waals surface area (Å²) in [5.41, 5.74) is 3.48. The molecule has 0 amide bonds. The molecule has 0 fully saturated rings. The number of hydrogen-bond acceptors (Lipinski definition) is 5. The van der Waals surface area contributed by atoms with Gasteiger partial charge in [0.1, 0.15) is 23.0 Å². The van der Waals surface area contributed by atoms with Crippen LogP contribution in [0.5, 0.6) is 23.0 Å². The highest BCUT2D eigenvalue weighted by atomic mass is 31.2. The molecule has 0 aliphatic carbocycles. The number of hydrogen-bond donors (Lipinski definition) is 1.